The minimum atomic E-state index is 0.758. The van der Waals surface area contributed by atoms with Crippen molar-refractivity contribution in [2.24, 2.45) is 0 Å². The van der Waals surface area contributed by atoms with Crippen LogP contribution >= 0.6 is 0 Å². The molecule has 0 unspecified atom stereocenters. The predicted octanol–water partition coefficient (Wildman–Crippen LogP) is 4.19. The van der Waals surface area contributed by atoms with Gasteiger partial charge in [-0.05, 0) is 63.1 Å². The van der Waals surface area contributed by atoms with Gasteiger partial charge in [-0.25, -0.2) is 4.68 Å². The molecule has 0 saturated heterocycles. The number of hydrogen-bond donors (Lipinski definition) is 2. The van der Waals surface area contributed by atoms with Crippen LogP contribution in [-0.4, -0.2) is 26.5 Å². The van der Waals surface area contributed by atoms with Crippen LogP contribution in [0.4, 0.5) is 0 Å². The fraction of sp³-hybridized carbons (Fsp3) is 0.273. The van der Waals surface area contributed by atoms with Crippen LogP contribution in [0, 0.1) is 13.8 Å². The van der Waals surface area contributed by atoms with Crippen molar-refractivity contribution >= 4 is 0 Å². The summed E-state index contributed by atoms with van der Waals surface area (Å²) in [5.41, 5.74) is 5.54. The number of para-hydroxylation sites is 1. The molecule has 0 aliphatic heterocycles. The van der Waals surface area contributed by atoms with Crippen LogP contribution in [0.1, 0.15) is 29.0 Å². The number of aromatic amines is 1. The Labute approximate surface area is 164 Å². The van der Waals surface area contributed by atoms with E-state index in [1.54, 1.807) is 0 Å². The molecular weight excluding hydrogens is 350 g/mol. The Morgan fingerprint density at radius 3 is 2.71 bits per heavy atom. The standard InChI is InChI=1S/C22H25N5O/c1-16-10-11-21(28-16)22-19(14-24-25-22)13-23-12-6-7-18-15-27(26-17(18)2)20-8-4-3-5-9-20/h3-5,8-11,14-15,23H,6-7,12-13H2,1-2H3,(H,24,25). The molecule has 4 aromatic rings. The lowest BCUT2D eigenvalue weighted by molar-refractivity contribution is 0.545. The summed E-state index contributed by atoms with van der Waals surface area (Å²) in [6.45, 7) is 5.70. The van der Waals surface area contributed by atoms with Gasteiger partial charge in [0.25, 0.3) is 0 Å². The molecule has 4 rings (SSSR count). The monoisotopic (exact) mass is 375 g/mol. The first-order chi connectivity index (χ1) is 13.7. The molecule has 3 heterocycles. The van der Waals surface area contributed by atoms with Gasteiger partial charge in [0.1, 0.15) is 11.5 Å². The summed E-state index contributed by atoms with van der Waals surface area (Å²) in [6, 6.07) is 14.2. The number of nitrogens with zero attached hydrogens (tertiary/aromatic N) is 3. The van der Waals surface area contributed by atoms with Crippen LogP contribution in [0.2, 0.25) is 0 Å². The van der Waals surface area contributed by atoms with E-state index >= 15 is 0 Å². The Hall–Kier alpha value is -3.12. The summed E-state index contributed by atoms with van der Waals surface area (Å²) in [5, 5.41) is 15.3. The summed E-state index contributed by atoms with van der Waals surface area (Å²) in [7, 11) is 0. The van der Waals surface area contributed by atoms with E-state index in [0.29, 0.717) is 0 Å². The molecule has 0 atom stereocenters. The van der Waals surface area contributed by atoms with Gasteiger partial charge in [0.05, 0.1) is 17.6 Å². The van der Waals surface area contributed by atoms with E-state index in [-0.39, 0.29) is 0 Å². The smallest absolute Gasteiger partial charge is 0.152 e. The molecule has 0 radical (unpaired) electrons. The molecule has 0 aliphatic carbocycles. The largest absolute Gasteiger partial charge is 0.460 e. The van der Waals surface area contributed by atoms with Gasteiger partial charge < -0.3 is 9.73 Å². The summed E-state index contributed by atoms with van der Waals surface area (Å²) >= 11 is 0. The van der Waals surface area contributed by atoms with Crippen molar-refractivity contribution in [3.05, 3.63) is 77.4 Å². The van der Waals surface area contributed by atoms with Crippen LogP contribution in [-0.2, 0) is 13.0 Å². The fourth-order valence-corrected chi connectivity index (χ4v) is 3.31. The molecule has 0 aliphatic rings. The maximum absolute atomic E-state index is 5.70. The molecule has 0 fully saturated rings. The molecule has 2 N–H and O–H groups in total. The number of benzene rings is 1. The predicted molar refractivity (Wildman–Crippen MR) is 109 cm³/mol. The molecule has 0 amide bonds. The molecule has 1 aromatic carbocycles. The minimum Gasteiger partial charge on any atom is -0.460 e. The van der Waals surface area contributed by atoms with Crippen molar-refractivity contribution in [2.75, 3.05) is 6.54 Å². The SMILES string of the molecule is Cc1ccc(-c2[nH]ncc2CNCCCc2cn(-c3ccccc3)nc2C)o1. The Bertz CT molecular complexity index is 1030. The van der Waals surface area contributed by atoms with Crippen molar-refractivity contribution in [1.29, 1.82) is 0 Å². The molecule has 6 heteroatoms. The highest BCUT2D eigenvalue weighted by molar-refractivity contribution is 5.56. The molecule has 3 aromatic heterocycles. The zero-order valence-corrected chi connectivity index (χ0v) is 16.3. The van der Waals surface area contributed by atoms with Crippen LogP contribution in [0.25, 0.3) is 17.1 Å². The lowest BCUT2D eigenvalue weighted by Gasteiger charge is -2.04. The third-order valence-corrected chi connectivity index (χ3v) is 4.84. The van der Waals surface area contributed by atoms with Crippen LogP contribution in [0.5, 0.6) is 0 Å². The van der Waals surface area contributed by atoms with Crippen molar-refractivity contribution < 1.29 is 4.42 Å². The van der Waals surface area contributed by atoms with Crippen molar-refractivity contribution in [2.45, 2.75) is 33.2 Å². The molecule has 0 saturated carbocycles. The van der Waals surface area contributed by atoms with E-state index in [4.69, 9.17) is 4.42 Å². The third-order valence-electron chi connectivity index (χ3n) is 4.84. The number of rotatable bonds is 8. The number of furan rings is 1. The van der Waals surface area contributed by atoms with Crippen molar-refractivity contribution in [3.8, 4) is 17.1 Å². The Kier molecular flexibility index (Phi) is 5.39. The number of aryl methyl sites for hydroxylation is 3. The average Bonchev–Trinajstić information content (AvgIpc) is 3.43. The van der Waals surface area contributed by atoms with Crippen LogP contribution in [0.3, 0.4) is 0 Å². The normalized spacial score (nSPS) is 11.2. The molecule has 0 bridgehead atoms. The second-order valence-corrected chi connectivity index (χ2v) is 6.98. The van der Waals surface area contributed by atoms with Gasteiger partial charge in [0.15, 0.2) is 5.76 Å². The van der Waals surface area contributed by atoms with E-state index in [1.807, 2.05) is 48.1 Å². The van der Waals surface area contributed by atoms with Gasteiger partial charge in [-0.3, -0.25) is 5.10 Å². The van der Waals surface area contributed by atoms with Crippen molar-refractivity contribution in [3.63, 3.8) is 0 Å². The molecule has 6 nitrogen and oxygen atoms in total. The Balaban J connectivity index is 1.28. The zero-order valence-electron chi connectivity index (χ0n) is 16.3. The maximum atomic E-state index is 5.70. The highest BCUT2D eigenvalue weighted by atomic mass is 16.3. The van der Waals surface area contributed by atoms with Crippen LogP contribution < -0.4 is 5.32 Å². The molecule has 144 valence electrons. The average molecular weight is 375 g/mol. The zero-order chi connectivity index (χ0) is 19.3. The first-order valence-electron chi connectivity index (χ1n) is 9.61. The molecule has 28 heavy (non-hydrogen) atoms. The van der Waals surface area contributed by atoms with Gasteiger partial charge in [-0.2, -0.15) is 10.2 Å². The van der Waals surface area contributed by atoms with E-state index in [1.165, 1.54) is 5.56 Å². The summed E-state index contributed by atoms with van der Waals surface area (Å²) in [6.07, 6.45) is 6.04. The third kappa shape index (κ3) is 4.07. The Morgan fingerprint density at radius 2 is 1.93 bits per heavy atom. The number of hydrogen-bond acceptors (Lipinski definition) is 4. The second-order valence-electron chi connectivity index (χ2n) is 6.98. The fourth-order valence-electron chi connectivity index (χ4n) is 3.31. The van der Waals surface area contributed by atoms with Gasteiger partial charge in [-0.1, -0.05) is 18.2 Å². The molecular formula is C22H25N5O. The Morgan fingerprint density at radius 1 is 1.07 bits per heavy atom. The number of H-pyrrole nitrogens is 1. The molecule has 0 spiro atoms. The van der Waals surface area contributed by atoms with Gasteiger partial charge in [0, 0.05) is 18.3 Å². The van der Waals surface area contributed by atoms with Gasteiger partial charge in [0.2, 0.25) is 0 Å². The first kappa shape index (κ1) is 18.3. The van der Waals surface area contributed by atoms with Crippen LogP contribution in [0.15, 0.2) is 59.3 Å². The summed E-state index contributed by atoms with van der Waals surface area (Å²) < 4.78 is 7.66. The van der Waals surface area contributed by atoms with Crippen molar-refractivity contribution in [1.82, 2.24) is 25.3 Å². The lowest BCUT2D eigenvalue weighted by atomic mass is 10.1. The first-order valence-corrected chi connectivity index (χ1v) is 9.61. The number of nitrogens with one attached hydrogen (secondary N) is 2. The van der Waals surface area contributed by atoms with E-state index in [2.05, 4.69) is 45.9 Å². The lowest BCUT2D eigenvalue weighted by Crippen LogP contribution is -2.15. The summed E-state index contributed by atoms with van der Waals surface area (Å²) in [4.78, 5) is 0. The van der Waals surface area contributed by atoms with E-state index in [0.717, 1.165) is 60.1 Å². The van der Waals surface area contributed by atoms with E-state index in [9.17, 15) is 0 Å². The number of aromatic nitrogens is 4. The highest BCUT2D eigenvalue weighted by Crippen LogP contribution is 2.23. The quantitative estimate of drug-likeness (QED) is 0.453. The maximum Gasteiger partial charge on any atom is 0.152 e. The topological polar surface area (TPSA) is 71.7 Å². The second kappa shape index (κ2) is 8.27. The van der Waals surface area contributed by atoms with Gasteiger partial charge >= 0.3 is 0 Å². The summed E-state index contributed by atoms with van der Waals surface area (Å²) in [5.74, 6) is 1.73. The minimum absolute atomic E-state index is 0.758. The highest BCUT2D eigenvalue weighted by Gasteiger charge is 2.11. The van der Waals surface area contributed by atoms with E-state index < -0.39 is 0 Å². The van der Waals surface area contributed by atoms with Gasteiger partial charge in [-0.15, -0.1) is 0 Å².